The first-order chi connectivity index (χ1) is 14.2. The highest BCUT2D eigenvalue weighted by Crippen LogP contribution is 2.08. The third-order valence-corrected chi connectivity index (χ3v) is 3.63. The number of hydrogen-bond acceptors (Lipinski definition) is 6. The molecule has 0 aliphatic rings. The fourth-order valence-corrected chi connectivity index (χ4v) is 2.04. The van der Waals surface area contributed by atoms with Crippen LogP contribution in [0.1, 0.15) is 89.9 Å². The molecule has 0 saturated carbocycles. The molecule has 0 amide bonds. The molecule has 178 valence electrons. The van der Waals surface area contributed by atoms with Crippen molar-refractivity contribution in [3.63, 3.8) is 0 Å². The zero-order chi connectivity index (χ0) is 23.6. The summed E-state index contributed by atoms with van der Waals surface area (Å²) >= 11 is 0. The predicted molar refractivity (Wildman–Crippen MR) is 109 cm³/mol. The summed E-state index contributed by atoms with van der Waals surface area (Å²) in [5, 5.41) is 49.1. The van der Waals surface area contributed by atoms with Gasteiger partial charge in [-0.3, -0.25) is 19.2 Å². The second-order valence-corrected chi connectivity index (χ2v) is 6.56. The Bertz CT molecular complexity index is 397. The number of rotatable bonds is 17. The number of carboxylic acids is 4. The Morgan fingerprint density at radius 2 is 0.567 bits per heavy atom. The first kappa shape index (κ1) is 32.5. The summed E-state index contributed by atoms with van der Waals surface area (Å²) in [5.74, 6) is -3.22. The molecule has 0 bridgehead atoms. The van der Waals surface area contributed by atoms with E-state index in [1.54, 1.807) is 0 Å². The van der Waals surface area contributed by atoms with Crippen LogP contribution in [0.5, 0.6) is 0 Å². The molecule has 0 rings (SSSR count). The molecule has 0 fully saturated rings. The average molecular weight is 439 g/mol. The monoisotopic (exact) mass is 438 g/mol. The van der Waals surface area contributed by atoms with Gasteiger partial charge in [0, 0.05) is 38.9 Å². The molecule has 0 heterocycles. The van der Waals surface area contributed by atoms with Crippen molar-refractivity contribution < 1.29 is 49.8 Å². The lowest BCUT2D eigenvalue weighted by Crippen LogP contribution is -1.97. The zero-order valence-corrected chi connectivity index (χ0v) is 17.6. The first-order valence-electron chi connectivity index (χ1n) is 10.3. The number of aliphatic hydroxyl groups excluding tert-OH is 2. The molecule has 0 aromatic carbocycles. The Morgan fingerprint density at radius 3 is 0.767 bits per heavy atom. The standard InChI is InChI=1S/C10H18O4.C6H10O4.C4H10O2/c11-9(12)7-5-3-1-2-4-6-8-10(13)14;7-5(8)3-1-2-4-6(9)10;5-3-1-2-4-6/h1-8H2,(H,11,12)(H,13,14);1-4H2,(H,7,8)(H,9,10);5-6H,1-4H2. The van der Waals surface area contributed by atoms with Crippen LogP contribution in [-0.2, 0) is 19.2 Å². The summed E-state index contributed by atoms with van der Waals surface area (Å²) in [4.78, 5) is 40.1. The van der Waals surface area contributed by atoms with E-state index in [2.05, 4.69) is 0 Å². The molecule has 0 unspecified atom stereocenters. The van der Waals surface area contributed by atoms with Crippen molar-refractivity contribution in [2.45, 2.75) is 89.9 Å². The highest BCUT2D eigenvalue weighted by molar-refractivity contribution is 5.68. The second-order valence-electron chi connectivity index (χ2n) is 6.56. The van der Waals surface area contributed by atoms with E-state index in [9.17, 15) is 19.2 Å². The number of carbonyl (C=O) groups is 4. The van der Waals surface area contributed by atoms with E-state index in [1.165, 1.54) is 0 Å². The van der Waals surface area contributed by atoms with Crippen molar-refractivity contribution in [3.05, 3.63) is 0 Å². The molecule has 10 nitrogen and oxygen atoms in total. The Hall–Kier alpha value is -2.20. The van der Waals surface area contributed by atoms with Gasteiger partial charge in [-0.05, 0) is 38.5 Å². The van der Waals surface area contributed by atoms with Crippen LogP contribution in [0.15, 0.2) is 0 Å². The quantitative estimate of drug-likeness (QED) is 0.184. The molecule has 6 N–H and O–H groups in total. The number of carboxylic acid groups (broad SMARTS) is 4. The molecule has 0 aromatic heterocycles. The van der Waals surface area contributed by atoms with E-state index in [0.29, 0.717) is 12.8 Å². The Labute approximate surface area is 177 Å². The summed E-state index contributed by atoms with van der Waals surface area (Å²) in [7, 11) is 0. The number of aliphatic hydroxyl groups is 2. The van der Waals surface area contributed by atoms with Gasteiger partial charge in [-0.1, -0.05) is 25.7 Å². The van der Waals surface area contributed by atoms with Crippen molar-refractivity contribution in [1.29, 1.82) is 0 Å². The first-order valence-corrected chi connectivity index (χ1v) is 10.3. The maximum Gasteiger partial charge on any atom is 0.303 e. The highest BCUT2D eigenvalue weighted by Gasteiger charge is 1.99. The molecule has 0 aromatic rings. The van der Waals surface area contributed by atoms with Gasteiger partial charge < -0.3 is 30.6 Å². The van der Waals surface area contributed by atoms with Crippen molar-refractivity contribution in [1.82, 2.24) is 0 Å². The zero-order valence-electron chi connectivity index (χ0n) is 17.6. The fraction of sp³-hybridized carbons (Fsp3) is 0.800. The highest BCUT2D eigenvalue weighted by atomic mass is 16.4. The van der Waals surface area contributed by atoms with Crippen LogP contribution in [-0.4, -0.2) is 67.7 Å². The van der Waals surface area contributed by atoms with Gasteiger partial charge in [0.1, 0.15) is 0 Å². The van der Waals surface area contributed by atoms with E-state index in [1.807, 2.05) is 0 Å². The normalized spacial score (nSPS) is 9.53. The maximum atomic E-state index is 10.1. The van der Waals surface area contributed by atoms with E-state index in [4.69, 9.17) is 30.6 Å². The van der Waals surface area contributed by atoms with Gasteiger partial charge in [0.15, 0.2) is 0 Å². The molecule has 0 radical (unpaired) electrons. The third-order valence-electron chi connectivity index (χ3n) is 3.63. The summed E-state index contributed by atoms with van der Waals surface area (Å²) in [6.45, 7) is 0.390. The van der Waals surface area contributed by atoms with Crippen LogP contribution < -0.4 is 0 Å². The van der Waals surface area contributed by atoms with Crippen molar-refractivity contribution in [3.8, 4) is 0 Å². The summed E-state index contributed by atoms with van der Waals surface area (Å²) in [5.41, 5.74) is 0. The van der Waals surface area contributed by atoms with Gasteiger partial charge in [0.25, 0.3) is 0 Å². The van der Waals surface area contributed by atoms with Gasteiger partial charge in [0.2, 0.25) is 0 Å². The molecule has 0 aliphatic carbocycles. The average Bonchev–Trinajstić information content (AvgIpc) is 2.66. The van der Waals surface area contributed by atoms with Crippen LogP contribution in [0.4, 0.5) is 0 Å². The molecule has 0 aliphatic heterocycles. The predicted octanol–water partition coefficient (Wildman–Crippen LogP) is 2.74. The SMILES string of the molecule is O=C(O)CCCCC(=O)O.O=C(O)CCCCCCCCC(=O)O.OCCCCO. The smallest absolute Gasteiger partial charge is 0.303 e. The maximum absolute atomic E-state index is 10.1. The summed E-state index contributed by atoms with van der Waals surface area (Å²) in [6, 6.07) is 0. The van der Waals surface area contributed by atoms with Gasteiger partial charge in [0.05, 0.1) is 0 Å². The van der Waals surface area contributed by atoms with E-state index < -0.39 is 23.9 Å². The minimum absolute atomic E-state index is 0.0628. The summed E-state index contributed by atoms with van der Waals surface area (Å²) < 4.78 is 0. The Kier molecular flexibility index (Phi) is 29.0. The van der Waals surface area contributed by atoms with Gasteiger partial charge in [-0.15, -0.1) is 0 Å². The minimum Gasteiger partial charge on any atom is -0.481 e. The largest absolute Gasteiger partial charge is 0.481 e. The van der Waals surface area contributed by atoms with E-state index in [-0.39, 0.29) is 38.9 Å². The summed E-state index contributed by atoms with van der Waals surface area (Å²) in [6.07, 6.45) is 8.28. The van der Waals surface area contributed by atoms with Crippen LogP contribution in [0.3, 0.4) is 0 Å². The van der Waals surface area contributed by atoms with Gasteiger partial charge >= 0.3 is 23.9 Å². The minimum atomic E-state index is -0.870. The molecule has 0 atom stereocenters. The number of unbranched alkanes of at least 4 members (excludes halogenated alkanes) is 7. The van der Waals surface area contributed by atoms with Crippen LogP contribution in [0.2, 0.25) is 0 Å². The molecular weight excluding hydrogens is 400 g/mol. The van der Waals surface area contributed by atoms with Crippen LogP contribution >= 0.6 is 0 Å². The third kappa shape index (κ3) is 44.9. The van der Waals surface area contributed by atoms with Crippen LogP contribution in [0, 0.1) is 0 Å². The van der Waals surface area contributed by atoms with Crippen molar-refractivity contribution in [2.24, 2.45) is 0 Å². The lowest BCUT2D eigenvalue weighted by atomic mass is 10.1. The van der Waals surface area contributed by atoms with Crippen molar-refractivity contribution >= 4 is 23.9 Å². The Morgan fingerprint density at radius 1 is 0.367 bits per heavy atom. The van der Waals surface area contributed by atoms with E-state index >= 15 is 0 Å². The number of hydrogen-bond donors (Lipinski definition) is 6. The van der Waals surface area contributed by atoms with E-state index in [0.717, 1.165) is 51.4 Å². The molecular formula is C20H38O10. The van der Waals surface area contributed by atoms with Crippen molar-refractivity contribution in [2.75, 3.05) is 13.2 Å². The van der Waals surface area contributed by atoms with Gasteiger partial charge in [-0.25, -0.2) is 0 Å². The lowest BCUT2D eigenvalue weighted by Gasteiger charge is -1.98. The Balaban J connectivity index is -0.000000397. The molecule has 0 spiro atoms. The fourth-order valence-electron chi connectivity index (χ4n) is 2.04. The number of aliphatic carboxylic acids is 4. The molecule has 10 heteroatoms. The topological polar surface area (TPSA) is 190 Å². The second kappa shape index (κ2) is 26.8. The van der Waals surface area contributed by atoms with Crippen LogP contribution in [0.25, 0.3) is 0 Å². The molecule has 0 saturated heterocycles. The lowest BCUT2D eigenvalue weighted by molar-refractivity contribution is -0.139. The van der Waals surface area contributed by atoms with Gasteiger partial charge in [-0.2, -0.15) is 0 Å². The molecule has 30 heavy (non-hydrogen) atoms.